The Labute approximate surface area is 194 Å². The summed E-state index contributed by atoms with van der Waals surface area (Å²) >= 11 is 6.33. The van der Waals surface area contributed by atoms with E-state index in [0.717, 1.165) is 68.1 Å². The van der Waals surface area contributed by atoms with Crippen LogP contribution in [0.5, 0.6) is 0 Å². The van der Waals surface area contributed by atoms with Crippen molar-refractivity contribution in [2.45, 2.75) is 32.6 Å². The normalized spacial score (nSPS) is 14.9. The summed E-state index contributed by atoms with van der Waals surface area (Å²) in [7, 11) is 1.83. The smallest absolute Gasteiger partial charge is 0.226 e. The Morgan fingerprint density at radius 3 is 2.59 bits per heavy atom. The monoisotopic (exact) mass is 532 g/mol. The highest BCUT2D eigenvalue weighted by molar-refractivity contribution is 14.0. The predicted octanol–water partition coefficient (Wildman–Crippen LogP) is 3.79. The van der Waals surface area contributed by atoms with E-state index in [4.69, 9.17) is 16.1 Å². The van der Waals surface area contributed by atoms with E-state index in [0.29, 0.717) is 11.8 Å². The number of aliphatic imine (C=N–C) groups is 1. The molecule has 9 heteroatoms. The summed E-state index contributed by atoms with van der Waals surface area (Å²) < 4.78 is 5.29. The third-order valence-corrected chi connectivity index (χ3v) is 5.15. The highest BCUT2D eigenvalue weighted by Crippen LogP contribution is 2.26. The van der Waals surface area contributed by atoms with Gasteiger partial charge in [0.05, 0.1) is 10.7 Å². The zero-order valence-electron chi connectivity index (χ0n) is 17.3. The van der Waals surface area contributed by atoms with Gasteiger partial charge in [-0.25, -0.2) is 0 Å². The Bertz CT molecular complexity index is 789. The van der Waals surface area contributed by atoms with Gasteiger partial charge in [-0.3, -0.25) is 4.99 Å². The maximum atomic E-state index is 6.33. The molecular formula is C20H30ClIN6O. The first-order valence-corrected chi connectivity index (χ1v) is 10.2. The Morgan fingerprint density at radius 1 is 1.24 bits per heavy atom. The van der Waals surface area contributed by atoms with Crippen molar-refractivity contribution in [2.75, 3.05) is 44.7 Å². The molecule has 0 amide bonds. The van der Waals surface area contributed by atoms with Crippen molar-refractivity contribution < 1.29 is 4.52 Å². The van der Waals surface area contributed by atoms with Crippen molar-refractivity contribution in [3.8, 4) is 0 Å². The van der Waals surface area contributed by atoms with Gasteiger partial charge < -0.3 is 19.6 Å². The second kappa shape index (κ2) is 11.6. The van der Waals surface area contributed by atoms with Crippen LogP contribution in [-0.2, 0) is 6.42 Å². The van der Waals surface area contributed by atoms with E-state index in [1.54, 1.807) is 0 Å². The second-order valence-corrected chi connectivity index (χ2v) is 7.61. The average molecular weight is 533 g/mol. The number of aromatic nitrogens is 2. The first-order valence-electron chi connectivity index (χ1n) is 9.86. The van der Waals surface area contributed by atoms with Crippen LogP contribution in [0, 0.1) is 0 Å². The molecule has 1 aliphatic heterocycles. The van der Waals surface area contributed by atoms with Crippen LogP contribution < -0.4 is 10.2 Å². The third-order valence-electron chi connectivity index (χ3n) is 4.83. The number of nitrogens with one attached hydrogen (secondary N) is 1. The molecule has 0 atom stereocenters. The van der Waals surface area contributed by atoms with E-state index >= 15 is 0 Å². The molecule has 1 saturated heterocycles. The van der Waals surface area contributed by atoms with E-state index in [9.17, 15) is 0 Å². The number of para-hydroxylation sites is 1. The van der Waals surface area contributed by atoms with Gasteiger partial charge >= 0.3 is 0 Å². The lowest BCUT2D eigenvalue weighted by atomic mass is 10.2. The molecule has 29 heavy (non-hydrogen) atoms. The van der Waals surface area contributed by atoms with Crippen molar-refractivity contribution in [1.29, 1.82) is 0 Å². The molecule has 3 rings (SSSR count). The van der Waals surface area contributed by atoms with E-state index < -0.39 is 0 Å². The molecule has 0 spiro atoms. The van der Waals surface area contributed by atoms with Gasteiger partial charge in [-0.1, -0.05) is 42.7 Å². The minimum atomic E-state index is 0. The number of hydrogen-bond acceptors (Lipinski definition) is 5. The molecule has 7 nitrogen and oxygen atoms in total. The molecule has 1 aromatic carbocycles. The van der Waals surface area contributed by atoms with Gasteiger partial charge in [0.1, 0.15) is 0 Å². The molecule has 1 N–H and O–H groups in total. The van der Waals surface area contributed by atoms with Crippen LogP contribution in [0.1, 0.15) is 37.9 Å². The van der Waals surface area contributed by atoms with Crippen LogP contribution in [0.15, 0.2) is 33.8 Å². The Balaban J connectivity index is 0.00000300. The minimum absolute atomic E-state index is 0. The lowest BCUT2D eigenvalue weighted by Gasteiger charge is -2.38. The second-order valence-electron chi connectivity index (χ2n) is 7.20. The van der Waals surface area contributed by atoms with Gasteiger partial charge in [-0.05, 0) is 18.6 Å². The van der Waals surface area contributed by atoms with Crippen LogP contribution in [0.2, 0.25) is 5.02 Å². The summed E-state index contributed by atoms with van der Waals surface area (Å²) in [6, 6.07) is 8.01. The quantitative estimate of drug-likeness (QED) is 0.264. The average Bonchev–Trinajstić information content (AvgIpc) is 3.18. The summed E-state index contributed by atoms with van der Waals surface area (Å²) in [6.07, 6.45) is 1.68. The van der Waals surface area contributed by atoms with Crippen LogP contribution in [0.4, 0.5) is 5.69 Å². The van der Waals surface area contributed by atoms with Crippen molar-refractivity contribution >= 4 is 47.2 Å². The molecule has 2 aromatic rings. The molecule has 1 aromatic heterocycles. The van der Waals surface area contributed by atoms with Crippen molar-refractivity contribution in [3.05, 3.63) is 41.0 Å². The minimum Gasteiger partial charge on any atom is -0.367 e. The molecule has 0 aliphatic carbocycles. The van der Waals surface area contributed by atoms with Gasteiger partial charge in [0.25, 0.3) is 0 Å². The van der Waals surface area contributed by atoms with Crippen LogP contribution in [-0.4, -0.2) is 60.8 Å². The lowest BCUT2D eigenvalue weighted by Crippen LogP contribution is -2.52. The summed E-state index contributed by atoms with van der Waals surface area (Å²) in [6.45, 7) is 8.60. The number of nitrogens with zero attached hydrogens (tertiary/aromatic N) is 5. The summed E-state index contributed by atoms with van der Waals surface area (Å²) in [5, 5.41) is 8.26. The molecule has 1 aliphatic rings. The number of piperazine rings is 1. The number of hydrogen-bond donors (Lipinski definition) is 1. The van der Waals surface area contributed by atoms with Crippen LogP contribution in [0.3, 0.4) is 0 Å². The topological polar surface area (TPSA) is 69.8 Å². The van der Waals surface area contributed by atoms with Gasteiger partial charge in [0, 0.05) is 52.1 Å². The van der Waals surface area contributed by atoms with Gasteiger partial charge in [-0.15, -0.1) is 24.0 Å². The molecule has 2 heterocycles. The molecule has 0 saturated carbocycles. The van der Waals surface area contributed by atoms with E-state index in [1.165, 1.54) is 0 Å². The zero-order chi connectivity index (χ0) is 19.9. The number of benzene rings is 1. The largest absolute Gasteiger partial charge is 0.367 e. The predicted molar refractivity (Wildman–Crippen MR) is 129 cm³/mol. The fraction of sp³-hybridized carbons (Fsp3) is 0.550. The standard InChI is InChI=1S/C20H29ClN6O.HI/c1-15(2)19-24-18(28-25-19)9-6-10-23-20(22-3)27-13-11-26(12-14-27)17-8-5-4-7-16(17)21;/h4-5,7-8,15H,6,9-14H2,1-3H3,(H,22,23);1H. The number of rotatable bonds is 6. The van der Waals surface area contributed by atoms with E-state index in [-0.39, 0.29) is 24.0 Å². The van der Waals surface area contributed by atoms with Crippen LogP contribution in [0.25, 0.3) is 0 Å². The molecule has 0 unspecified atom stereocenters. The number of halogens is 2. The van der Waals surface area contributed by atoms with E-state index in [2.05, 4.69) is 50.2 Å². The maximum Gasteiger partial charge on any atom is 0.226 e. The summed E-state index contributed by atoms with van der Waals surface area (Å²) in [4.78, 5) is 13.5. The zero-order valence-corrected chi connectivity index (χ0v) is 20.4. The summed E-state index contributed by atoms with van der Waals surface area (Å²) in [5.74, 6) is 2.70. The molecule has 160 valence electrons. The first kappa shape index (κ1) is 23.7. The Morgan fingerprint density at radius 2 is 1.97 bits per heavy atom. The van der Waals surface area contributed by atoms with Crippen LogP contribution >= 0.6 is 35.6 Å². The molecule has 1 fully saturated rings. The number of anilines is 1. The number of aryl methyl sites for hydroxylation is 1. The third kappa shape index (κ3) is 6.47. The molecule has 0 bridgehead atoms. The molecular weight excluding hydrogens is 503 g/mol. The highest BCUT2D eigenvalue weighted by atomic mass is 127. The maximum absolute atomic E-state index is 6.33. The van der Waals surface area contributed by atoms with E-state index in [1.807, 2.05) is 25.2 Å². The fourth-order valence-electron chi connectivity index (χ4n) is 3.24. The van der Waals surface area contributed by atoms with Crippen molar-refractivity contribution in [2.24, 2.45) is 4.99 Å². The lowest BCUT2D eigenvalue weighted by molar-refractivity contribution is 0.363. The number of guanidine groups is 1. The Hall–Kier alpha value is -1.55. The molecule has 0 radical (unpaired) electrons. The van der Waals surface area contributed by atoms with Gasteiger partial charge in [0.2, 0.25) is 5.89 Å². The highest BCUT2D eigenvalue weighted by Gasteiger charge is 2.21. The van der Waals surface area contributed by atoms with Gasteiger partial charge in [0.15, 0.2) is 11.8 Å². The SMILES string of the molecule is CN=C(NCCCc1nc(C(C)C)no1)N1CCN(c2ccccc2Cl)CC1.I. The first-order chi connectivity index (χ1) is 13.6. The van der Waals surface area contributed by atoms with Crippen molar-refractivity contribution in [1.82, 2.24) is 20.4 Å². The van der Waals surface area contributed by atoms with Gasteiger partial charge in [-0.2, -0.15) is 4.98 Å². The van der Waals surface area contributed by atoms with Crippen molar-refractivity contribution in [3.63, 3.8) is 0 Å². The Kier molecular flexibility index (Phi) is 9.48. The fourth-order valence-corrected chi connectivity index (χ4v) is 3.50. The summed E-state index contributed by atoms with van der Waals surface area (Å²) in [5.41, 5.74) is 1.10.